The molecule has 1 heterocycles. The summed E-state index contributed by atoms with van der Waals surface area (Å²) in [6.45, 7) is 4.84. The van der Waals surface area contributed by atoms with Crippen molar-refractivity contribution in [1.29, 1.82) is 0 Å². The highest BCUT2D eigenvalue weighted by Crippen LogP contribution is 2.32. The standard InChI is InChI=1S/C15H22BrN3O/c1-9-3-4-11(15(18)20)8-19(9)12-5-6-13(10(2)17)14(16)7-12/h5-7,9-11H,3-4,8,17H2,1-2H3,(H2,18,20). The van der Waals surface area contributed by atoms with Crippen molar-refractivity contribution >= 4 is 27.5 Å². The summed E-state index contributed by atoms with van der Waals surface area (Å²) in [5, 5.41) is 0. The van der Waals surface area contributed by atoms with Crippen LogP contribution in [-0.4, -0.2) is 18.5 Å². The summed E-state index contributed by atoms with van der Waals surface area (Å²) in [4.78, 5) is 13.7. The molecule has 1 fully saturated rings. The summed E-state index contributed by atoms with van der Waals surface area (Å²) in [6, 6.07) is 6.61. The Morgan fingerprint density at radius 3 is 2.70 bits per heavy atom. The van der Waals surface area contributed by atoms with Crippen LogP contribution in [0.15, 0.2) is 22.7 Å². The summed E-state index contributed by atoms with van der Waals surface area (Å²) in [7, 11) is 0. The number of primary amides is 1. The maximum atomic E-state index is 11.4. The van der Waals surface area contributed by atoms with E-state index in [0.29, 0.717) is 12.6 Å². The van der Waals surface area contributed by atoms with E-state index < -0.39 is 0 Å². The highest BCUT2D eigenvalue weighted by atomic mass is 79.9. The summed E-state index contributed by atoms with van der Waals surface area (Å²) >= 11 is 3.58. The topological polar surface area (TPSA) is 72.3 Å². The van der Waals surface area contributed by atoms with Crippen LogP contribution in [0.25, 0.3) is 0 Å². The minimum absolute atomic E-state index is 0.00410. The number of piperidine rings is 1. The molecule has 3 atom stereocenters. The van der Waals surface area contributed by atoms with Gasteiger partial charge in [-0.3, -0.25) is 4.79 Å². The molecule has 0 spiro atoms. The highest BCUT2D eigenvalue weighted by molar-refractivity contribution is 9.10. The molecule has 5 heteroatoms. The molecular formula is C15H22BrN3O. The first-order chi connectivity index (χ1) is 9.40. The molecule has 0 saturated carbocycles. The van der Waals surface area contributed by atoms with E-state index in [0.717, 1.165) is 28.6 Å². The van der Waals surface area contributed by atoms with Gasteiger partial charge in [0.1, 0.15) is 0 Å². The second-order valence-corrected chi connectivity index (χ2v) is 6.53. The van der Waals surface area contributed by atoms with Gasteiger partial charge < -0.3 is 16.4 Å². The van der Waals surface area contributed by atoms with Gasteiger partial charge in [0.25, 0.3) is 0 Å². The Morgan fingerprint density at radius 2 is 2.15 bits per heavy atom. The average molecular weight is 340 g/mol. The summed E-state index contributed by atoms with van der Waals surface area (Å²) in [5.74, 6) is -0.258. The number of halogens is 1. The molecule has 1 aliphatic heterocycles. The molecule has 3 unspecified atom stereocenters. The third-order valence-corrected chi connectivity index (χ3v) is 4.78. The molecule has 0 bridgehead atoms. The number of hydrogen-bond acceptors (Lipinski definition) is 3. The third-order valence-electron chi connectivity index (χ3n) is 4.09. The summed E-state index contributed by atoms with van der Waals surface area (Å²) in [5.41, 5.74) is 13.6. The van der Waals surface area contributed by atoms with Gasteiger partial charge in [-0.1, -0.05) is 22.0 Å². The van der Waals surface area contributed by atoms with Crippen molar-refractivity contribution in [2.45, 2.75) is 38.8 Å². The molecule has 1 amide bonds. The van der Waals surface area contributed by atoms with Crippen molar-refractivity contribution in [3.63, 3.8) is 0 Å². The first-order valence-electron chi connectivity index (χ1n) is 7.01. The van der Waals surface area contributed by atoms with E-state index in [1.165, 1.54) is 0 Å². The lowest BCUT2D eigenvalue weighted by Gasteiger charge is -2.39. The van der Waals surface area contributed by atoms with Crippen molar-refractivity contribution in [2.75, 3.05) is 11.4 Å². The monoisotopic (exact) mass is 339 g/mol. The lowest BCUT2D eigenvalue weighted by atomic mass is 9.92. The molecule has 1 aliphatic rings. The fourth-order valence-corrected chi connectivity index (χ4v) is 3.49. The number of carbonyl (C=O) groups is 1. The van der Waals surface area contributed by atoms with Crippen LogP contribution in [0.3, 0.4) is 0 Å². The zero-order chi connectivity index (χ0) is 14.9. The predicted molar refractivity (Wildman–Crippen MR) is 85.5 cm³/mol. The maximum Gasteiger partial charge on any atom is 0.222 e. The van der Waals surface area contributed by atoms with Crippen molar-refractivity contribution in [3.05, 3.63) is 28.2 Å². The molecule has 0 aliphatic carbocycles. The van der Waals surface area contributed by atoms with E-state index in [1.54, 1.807) is 0 Å². The number of nitrogens with zero attached hydrogens (tertiary/aromatic N) is 1. The number of amides is 1. The fraction of sp³-hybridized carbons (Fsp3) is 0.533. The third kappa shape index (κ3) is 3.15. The molecule has 4 N–H and O–H groups in total. The Hall–Kier alpha value is -1.07. The van der Waals surface area contributed by atoms with Crippen LogP contribution < -0.4 is 16.4 Å². The number of carbonyl (C=O) groups excluding carboxylic acids is 1. The zero-order valence-corrected chi connectivity index (χ0v) is 13.6. The van der Waals surface area contributed by atoms with Crippen LogP contribution in [0.1, 0.15) is 38.3 Å². The molecule has 1 aromatic rings. The summed E-state index contributed by atoms with van der Waals surface area (Å²) < 4.78 is 1.01. The Morgan fingerprint density at radius 1 is 1.45 bits per heavy atom. The molecule has 20 heavy (non-hydrogen) atoms. The average Bonchev–Trinajstić information content (AvgIpc) is 2.38. The van der Waals surface area contributed by atoms with E-state index >= 15 is 0 Å². The number of nitrogens with two attached hydrogens (primary N) is 2. The van der Waals surface area contributed by atoms with E-state index in [1.807, 2.05) is 13.0 Å². The minimum atomic E-state index is -0.201. The molecule has 0 radical (unpaired) electrons. The van der Waals surface area contributed by atoms with Crippen LogP contribution >= 0.6 is 15.9 Å². The molecule has 0 aromatic heterocycles. The lowest BCUT2D eigenvalue weighted by Crippen LogP contribution is -2.45. The summed E-state index contributed by atoms with van der Waals surface area (Å²) in [6.07, 6.45) is 1.87. The Balaban J connectivity index is 2.25. The first-order valence-corrected chi connectivity index (χ1v) is 7.80. The molecule has 110 valence electrons. The minimum Gasteiger partial charge on any atom is -0.369 e. The molecular weight excluding hydrogens is 318 g/mol. The molecule has 2 rings (SSSR count). The maximum absolute atomic E-state index is 11.4. The second-order valence-electron chi connectivity index (χ2n) is 5.67. The van der Waals surface area contributed by atoms with E-state index in [2.05, 4.69) is 39.9 Å². The second kappa shape index (κ2) is 6.14. The SMILES string of the molecule is CC(N)c1ccc(N2CC(C(N)=O)CCC2C)cc1Br. The van der Waals surface area contributed by atoms with Gasteiger partial charge in [0.15, 0.2) is 0 Å². The highest BCUT2D eigenvalue weighted by Gasteiger charge is 2.29. The largest absolute Gasteiger partial charge is 0.369 e. The van der Waals surface area contributed by atoms with Gasteiger partial charge in [-0.15, -0.1) is 0 Å². The molecule has 1 aromatic carbocycles. The van der Waals surface area contributed by atoms with Crippen LogP contribution in [0.2, 0.25) is 0 Å². The fourth-order valence-electron chi connectivity index (χ4n) is 2.76. The van der Waals surface area contributed by atoms with E-state index in [4.69, 9.17) is 11.5 Å². The van der Waals surface area contributed by atoms with Gasteiger partial charge in [-0.25, -0.2) is 0 Å². The van der Waals surface area contributed by atoms with Gasteiger partial charge in [0, 0.05) is 28.8 Å². The van der Waals surface area contributed by atoms with Gasteiger partial charge in [-0.05, 0) is 44.4 Å². The quantitative estimate of drug-likeness (QED) is 0.888. The number of rotatable bonds is 3. The van der Waals surface area contributed by atoms with Crippen molar-refractivity contribution < 1.29 is 4.79 Å². The van der Waals surface area contributed by atoms with Crippen LogP contribution in [0.5, 0.6) is 0 Å². The van der Waals surface area contributed by atoms with Gasteiger partial charge in [0.2, 0.25) is 5.91 Å². The van der Waals surface area contributed by atoms with E-state index in [-0.39, 0.29) is 17.9 Å². The Kier molecular flexibility index (Phi) is 4.70. The first kappa shape index (κ1) is 15.3. The normalized spacial score (nSPS) is 24.5. The van der Waals surface area contributed by atoms with Crippen molar-refractivity contribution in [2.24, 2.45) is 17.4 Å². The van der Waals surface area contributed by atoms with Gasteiger partial charge in [-0.2, -0.15) is 0 Å². The Labute approximate surface area is 128 Å². The van der Waals surface area contributed by atoms with Gasteiger partial charge in [0.05, 0.1) is 5.92 Å². The predicted octanol–water partition coefficient (Wildman–Crippen LogP) is 2.56. The van der Waals surface area contributed by atoms with Gasteiger partial charge >= 0.3 is 0 Å². The van der Waals surface area contributed by atoms with Crippen LogP contribution in [0, 0.1) is 5.92 Å². The van der Waals surface area contributed by atoms with Crippen LogP contribution in [0.4, 0.5) is 5.69 Å². The number of hydrogen-bond donors (Lipinski definition) is 2. The zero-order valence-electron chi connectivity index (χ0n) is 12.0. The smallest absolute Gasteiger partial charge is 0.222 e. The van der Waals surface area contributed by atoms with Crippen molar-refractivity contribution in [1.82, 2.24) is 0 Å². The number of anilines is 1. The molecule has 1 saturated heterocycles. The van der Waals surface area contributed by atoms with Crippen molar-refractivity contribution in [3.8, 4) is 0 Å². The number of benzene rings is 1. The van der Waals surface area contributed by atoms with E-state index in [9.17, 15) is 4.79 Å². The van der Waals surface area contributed by atoms with Crippen LogP contribution in [-0.2, 0) is 4.79 Å². The Bertz CT molecular complexity index is 504. The molecule has 4 nitrogen and oxygen atoms in total. The lowest BCUT2D eigenvalue weighted by molar-refractivity contribution is -0.122.